The first-order chi connectivity index (χ1) is 44.5. The number of hydrogen-bond acceptors (Lipinski definition) is 15. The van der Waals surface area contributed by atoms with Crippen molar-refractivity contribution in [2.24, 2.45) is 0 Å². The number of hydrogen-bond donors (Lipinski definition) is 8. The topological polar surface area (TPSA) is 288 Å². The zero-order chi connectivity index (χ0) is 67.5. The highest BCUT2D eigenvalue weighted by Crippen LogP contribution is 2.43. The van der Waals surface area contributed by atoms with Crippen LogP contribution in [0.1, 0.15) is 311 Å². The fourth-order valence-corrected chi connectivity index (χ4v) is 13.1. The molecule has 0 aliphatic carbocycles. The van der Waals surface area contributed by atoms with Crippen molar-refractivity contribution < 1.29 is 91.2 Å². The molecule has 544 valence electrons. The minimum absolute atomic E-state index is 0.0447. The van der Waals surface area contributed by atoms with Crippen molar-refractivity contribution in [3.05, 3.63) is 0 Å². The second-order valence-corrected chi connectivity index (χ2v) is 27.6. The maximum absolute atomic E-state index is 15.3. The van der Waals surface area contributed by atoms with Gasteiger partial charge in [0.1, 0.15) is 62.0 Å². The quantitative estimate of drug-likeness (QED) is 0.0207. The molecule has 22 heteroatoms. The van der Waals surface area contributed by atoms with Gasteiger partial charge in [-0.1, -0.05) is 259 Å². The van der Waals surface area contributed by atoms with E-state index in [0.717, 1.165) is 96.3 Å². The largest absolute Gasteiger partial charge is 0.480 e. The van der Waals surface area contributed by atoms with Gasteiger partial charge < -0.3 is 74.0 Å². The Labute approximate surface area is 555 Å². The Morgan fingerprint density at radius 1 is 0.489 bits per heavy atom. The van der Waals surface area contributed by atoms with Crippen molar-refractivity contribution in [1.82, 2.24) is 10.6 Å². The highest BCUT2D eigenvalue weighted by molar-refractivity contribution is 7.46. The second-order valence-electron chi connectivity index (χ2n) is 26.4. The van der Waals surface area contributed by atoms with Crippen molar-refractivity contribution in [2.45, 2.75) is 390 Å². The summed E-state index contributed by atoms with van der Waals surface area (Å²) < 4.78 is 76.7. The summed E-state index contributed by atoms with van der Waals surface area (Å²) in [5.74, 6) is -2.63. The number of ether oxygens (including phenoxy) is 7. The van der Waals surface area contributed by atoms with Gasteiger partial charge in [0, 0.05) is 26.7 Å². The number of aliphatic carboxylic acids is 1. The number of phosphoric acid groups is 1. The van der Waals surface area contributed by atoms with Crippen LogP contribution >= 0.6 is 7.82 Å². The Morgan fingerprint density at radius 2 is 0.902 bits per heavy atom. The number of carboxylic acids is 1. The van der Waals surface area contributed by atoms with Gasteiger partial charge in [0.2, 0.25) is 11.8 Å². The Hall–Kier alpha value is -1.95. The molecular formula is C70H134FN2O18P. The number of aliphatic hydroxyl groups is 3. The fourth-order valence-electron chi connectivity index (χ4n) is 12.5. The van der Waals surface area contributed by atoms with Crippen LogP contribution < -0.4 is 10.6 Å². The van der Waals surface area contributed by atoms with Gasteiger partial charge >= 0.3 is 13.8 Å². The molecule has 0 spiro atoms. The summed E-state index contributed by atoms with van der Waals surface area (Å²) in [4.78, 5) is 59.2. The zero-order valence-corrected chi connectivity index (χ0v) is 59.0. The third-order valence-electron chi connectivity index (χ3n) is 17.9. The van der Waals surface area contributed by atoms with E-state index in [1.54, 1.807) is 0 Å². The molecule has 2 rings (SSSR count). The maximum Gasteiger partial charge on any atom is 0.470 e. The number of rotatable bonds is 63. The minimum Gasteiger partial charge on any atom is -0.480 e. The normalized spacial score (nSPS) is 22.9. The number of phosphoric ester groups is 1. The number of aliphatic hydroxyl groups excluding tert-OH is 3. The van der Waals surface area contributed by atoms with Gasteiger partial charge in [0.15, 0.2) is 12.6 Å². The molecule has 2 heterocycles. The lowest BCUT2D eigenvalue weighted by Crippen LogP contribution is -2.67. The summed E-state index contributed by atoms with van der Waals surface area (Å²) in [5, 5.41) is 49.6. The van der Waals surface area contributed by atoms with Gasteiger partial charge in [-0.2, -0.15) is 0 Å². The highest BCUT2D eigenvalue weighted by atomic mass is 31.2. The summed E-state index contributed by atoms with van der Waals surface area (Å²) in [6, 6.07) is -2.74. The first-order valence-electron chi connectivity index (χ1n) is 37.0. The predicted molar refractivity (Wildman–Crippen MR) is 358 cm³/mol. The van der Waals surface area contributed by atoms with Crippen molar-refractivity contribution in [1.29, 1.82) is 0 Å². The summed E-state index contributed by atoms with van der Waals surface area (Å²) in [5.41, 5.74) is 0. The molecular weight excluding hydrogens is 1210 g/mol. The average molecular weight is 1340 g/mol. The Balaban J connectivity index is 2.38. The van der Waals surface area contributed by atoms with Gasteiger partial charge in [0.05, 0.1) is 31.3 Å². The standard InChI is InChI=1S/C70H134FN2O18P/c1-6-10-14-18-22-26-30-34-38-42-48-84-58(45-41-37-33-29-25-21-17-13-9-4)47-50-86-68-64(72-55(5)74)70(89-59(52-71)66(68)91-92(81,82)83)87-53-60-65(80)67(85-49-46-56(75)43-39-35-31-27-23-19-15-11-7-2)63(69(90-60)88-54-62(78)79)73-61(77)51-57(76)44-40-36-32-28-24-20-16-12-8-3/h56-60,63-70,75-76,80H,6-54H2,1-5H3,(H,72,74)(H,73,77)(H,78,79)(H2,81,82,83)/t56-,57-,58-,59-,60-,63-,64-,65-,66+,67-,68-,69+,70-/m1/s1. The number of unbranched alkanes of at least 4 members (excludes halogenated alkanes) is 33. The van der Waals surface area contributed by atoms with Crippen LogP contribution in [0.25, 0.3) is 0 Å². The molecule has 0 bridgehead atoms. The zero-order valence-electron chi connectivity index (χ0n) is 58.1. The third-order valence-corrected chi connectivity index (χ3v) is 18.4. The summed E-state index contributed by atoms with van der Waals surface area (Å²) in [6.45, 7) is 7.58. The molecule has 13 atom stereocenters. The van der Waals surface area contributed by atoms with Gasteiger partial charge in [-0.25, -0.2) is 13.8 Å². The molecule has 0 unspecified atom stereocenters. The lowest BCUT2D eigenvalue weighted by molar-refractivity contribution is -0.306. The number of halogens is 1. The van der Waals surface area contributed by atoms with Crippen molar-refractivity contribution in [3.63, 3.8) is 0 Å². The monoisotopic (exact) mass is 1340 g/mol. The van der Waals surface area contributed by atoms with E-state index in [9.17, 15) is 49.2 Å². The average Bonchev–Trinajstić information content (AvgIpc) is 0.803. The van der Waals surface area contributed by atoms with E-state index < -0.39 is 119 Å². The van der Waals surface area contributed by atoms with Crippen molar-refractivity contribution in [2.75, 3.05) is 39.7 Å². The van der Waals surface area contributed by atoms with Crippen LogP contribution in [0.4, 0.5) is 4.39 Å². The molecule has 8 N–H and O–H groups in total. The predicted octanol–water partition coefficient (Wildman–Crippen LogP) is 14.1. The number of nitrogens with one attached hydrogen (secondary N) is 2. The Bertz CT molecular complexity index is 1830. The van der Waals surface area contributed by atoms with E-state index in [4.69, 9.17) is 37.7 Å². The van der Waals surface area contributed by atoms with E-state index in [0.29, 0.717) is 32.3 Å². The molecule has 0 aromatic rings. The lowest BCUT2D eigenvalue weighted by atomic mass is 9.95. The van der Waals surface area contributed by atoms with Crippen LogP contribution in [0.3, 0.4) is 0 Å². The summed E-state index contributed by atoms with van der Waals surface area (Å²) >= 11 is 0. The highest BCUT2D eigenvalue weighted by Gasteiger charge is 2.53. The molecule has 0 saturated carbocycles. The molecule has 2 aliphatic heterocycles. The molecule has 2 aliphatic rings. The molecule has 2 fully saturated rings. The SMILES string of the molecule is CCCCCCCCCCCCO[C@H](CCCCCCCCCCC)CCO[C@@H]1[C@@H](NC(C)=O)[C@H](OC[C@H]2O[C@H](OCC(=O)O)[C@H](NC(=O)C[C@H](O)CCCCCCCCCCC)[C@@H](OCC[C@H](O)CCCCCCCCCCC)[C@@H]2O)O[C@H](CF)[C@@H]1OP(=O)(O)O. The van der Waals surface area contributed by atoms with Gasteiger partial charge in [-0.05, 0) is 38.5 Å². The molecule has 20 nitrogen and oxygen atoms in total. The first kappa shape index (κ1) is 86.1. The van der Waals surface area contributed by atoms with Crippen LogP contribution in [0.2, 0.25) is 0 Å². The van der Waals surface area contributed by atoms with Crippen LogP contribution in [0, 0.1) is 0 Å². The number of carbonyl (C=O) groups is 3. The van der Waals surface area contributed by atoms with Crippen LogP contribution in [-0.4, -0.2) is 167 Å². The van der Waals surface area contributed by atoms with Gasteiger partial charge in [-0.15, -0.1) is 0 Å². The number of alkyl halides is 1. The van der Waals surface area contributed by atoms with Gasteiger partial charge in [0.25, 0.3) is 0 Å². The maximum atomic E-state index is 15.3. The van der Waals surface area contributed by atoms with Gasteiger partial charge in [-0.3, -0.25) is 14.1 Å². The Morgan fingerprint density at radius 3 is 1.37 bits per heavy atom. The number of carbonyl (C=O) groups excluding carboxylic acids is 2. The smallest absolute Gasteiger partial charge is 0.470 e. The molecule has 0 aromatic heterocycles. The number of carboxylic acid groups (broad SMARTS) is 1. The molecule has 0 radical (unpaired) electrons. The minimum atomic E-state index is -5.35. The molecule has 0 aromatic carbocycles. The third kappa shape index (κ3) is 42.7. The lowest BCUT2D eigenvalue weighted by Gasteiger charge is -2.47. The van der Waals surface area contributed by atoms with E-state index in [1.807, 2.05) is 0 Å². The summed E-state index contributed by atoms with van der Waals surface area (Å²) in [6.07, 6.45) is 29.2. The molecule has 92 heavy (non-hydrogen) atoms. The van der Waals surface area contributed by atoms with Crippen molar-refractivity contribution in [3.8, 4) is 0 Å². The van der Waals surface area contributed by atoms with E-state index >= 15 is 4.39 Å². The van der Waals surface area contributed by atoms with Crippen molar-refractivity contribution >= 4 is 25.6 Å². The number of amides is 2. The fraction of sp³-hybridized carbons (Fsp3) is 0.957. The van der Waals surface area contributed by atoms with Crippen LogP contribution in [0.15, 0.2) is 0 Å². The van der Waals surface area contributed by atoms with Crippen LogP contribution in [0.5, 0.6) is 0 Å². The Kier molecular flexibility index (Phi) is 52.4. The van der Waals surface area contributed by atoms with E-state index in [-0.39, 0.29) is 32.2 Å². The van der Waals surface area contributed by atoms with E-state index in [1.165, 1.54) is 148 Å². The molecule has 2 amide bonds. The first-order valence-corrected chi connectivity index (χ1v) is 38.5. The van der Waals surface area contributed by atoms with Crippen LogP contribution in [-0.2, 0) is 56.6 Å². The summed E-state index contributed by atoms with van der Waals surface area (Å²) in [7, 11) is -5.35. The molecule has 2 saturated heterocycles. The van der Waals surface area contributed by atoms with E-state index in [2.05, 4.69) is 38.3 Å². The second kappa shape index (κ2) is 56.0.